The summed E-state index contributed by atoms with van der Waals surface area (Å²) in [4.78, 5) is 6.91. The zero-order chi connectivity index (χ0) is 14.6. The van der Waals surface area contributed by atoms with Crippen molar-refractivity contribution in [2.24, 2.45) is 0 Å². The maximum Gasteiger partial charge on any atom is 0.258 e. The molecule has 0 saturated carbocycles. The molecule has 1 atom stereocenters. The third-order valence-electron chi connectivity index (χ3n) is 2.77. The molecule has 110 valence electrons. The lowest BCUT2D eigenvalue weighted by Gasteiger charge is -2.12. The van der Waals surface area contributed by atoms with Crippen molar-refractivity contribution in [3.63, 3.8) is 0 Å². The summed E-state index contributed by atoms with van der Waals surface area (Å²) in [6.45, 7) is 4.86. The maximum atomic E-state index is 12.3. The Hall–Kier alpha value is -1.71. The number of aromatic nitrogens is 4. The van der Waals surface area contributed by atoms with Crippen LogP contribution in [0.2, 0.25) is 0 Å². The van der Waals surface area contributed by atoms with Crippen molar-refractivity contribution in [1.29, 1.82) is 0 Å². The molecular weight excluding hydrogens is 280 g/mol. The molecule has 8 nitrogen and oxygen atoms in total. The Labute approximate surface area is 117 Å². The minimum Gasteiger partial charge on any atom is -0.347 e. The van der Waals surface area contributed by atoms with E-state index >= 15 is 0 Å². The fourth-order valence-corrected chi connectivity index (χ4v) is 3.12. The SMILES string of the molecule is CCNCc1cn[nH]c1S(=O)(=O)NC(C)c1ncc[nH]1. The number of aromatic amines is 2. The molecule has 4 N–H and O–H groups in total. The zero-order valence-electron chi connectivity index (χ0n) is 11.3. The lowest BCUT2D eigenvalue weighted by atomic mass is 10.3. The van der Waals surface area contributed by atoms with Gasteiger partial charge in [0.2, 0.25) is 0 Å². The molecule has 0 aromatic carbocycles. The van der Waals surface area contributed by atoms with E-state index in [1.165, 1.54) is 6.20 Å². The number of rotatable bonds is 7. The summed E-state index contributed by atoms with van der Waals surface area (Å²) >= 11 is 0. The van der Waals surface area contributed by atoms with E-state index in [-0.39, 0.29) is 5.03 Å². The van der Waals surface area contributed by atoms with E-state index < -0.39 is 16.1 Å². The molecule has 2 aromatic rings. The number of sulfonamides is 1. The first-order valence-corrected chi connectivity index (χ1v) is 7.77. The van der Waals surface area contributed by atoms with Crippen molar-refractivity contribution in [3.8, 4) is 0 Å². The summed E-state index contributed by atoms with van der Waals surface area (Å²) in [5, 5.41) is 9.49. The number of nitrogens with one attached hydrogen (secondary N) is 4. The second kappa shape index (κ2) is 6.16. The van der Waals surface area contributed by atoms with Gasteiger partial charge in [0.1, 0.15) is 5.82 Å². The van der Waals surface area contributed by atoms with Crippen molar-refractivity contribution >= 4 is 10.0 Å². The molecule has 0 saturated heterocycles. The van der Waals surface area contributed by atoms with Crippen LogP contribution in [0.1, 0.15) is 31.3 Å². The molecular formula is C11H18N6O2S. The van der Waals surface area contributed by atoms with Crippen molar-refractivity contribution < 1.29 is 8.42 Å². The Morgan fingerprint density at radius 3 is 2.90 bits per heavy atom. The fourth-order valence-electron chi connectivity index (χ4n) is 1.78. The van der Waals surface area contributed by atoms with Crippen LogP contribution in [0, 0.1) is 0 Å². The molecule has 1 unspecified atom stereocenters. The topological polar surface area (TPSA) is 116 Å². The smallest absolute Gasteiger partial charge is 0.258 e. The zero-order valence-corrected chi connectivity index (χ0v) is 12.2. The van der Waals surface area contributed by atoms with Gasteiger partial charge in [0.05, 0.1) is 12.2 Å². The summed E-state index contributed by atoms with van der Waals surface area (Å²) in [5.41, 5.74) is 0.603. The van der Waals surface area contributed by atoms with E-state index in [1.807, 2.05) is 6.92 Å². The molecule has 0 bridgehead atoms. The molecule has 0 amide bonds. The van der Waals surface area contributed by atoms with Crippen LogP contribution in [-0.4, -0.2) is 35.1 Å². The molecule has 9 heteroatoms. The molecule has 0 fully saturated rings. The highest BCUT2D eigenvalue weighted by Gasteiger charge is 2.24. The molecule has 0 spiro atoms. The van der Waals surface area contributed by atoms with Gasteiger partial charge in [0.15, 0.2) is 5.03 Å². The minimum absolute atomic E-state index is 0.0804. The van der Waals surface area contributed by atoms with Crippen molar-refractivity contribution in [2.75, 3.05) is 6.54 Å². The van der Waals surface area contributed by atoms with Crippen LogP contribution in [0.15, 0.2) is 23.6 Å². The van der Waals surface area contributed by atoms with E-state index in [2.05, 4.69) is 30.2 Å². The summed E-state index contributed by atoms with van der Waals surface area (Å²) < 4.78 is 27.2. The molecule has 2 heterocycles. The third-order valence-corrected chi connectivity index (χ3v) is 4.33. The summed E-state index contributed by atoms with van der Waals surface area (Å²) in [6.07, 6.45) is 4.73. The molecule has 0 aliphatic rings. The molecule has 20 heavy (non-hydrogen) atoms. The highest BCUT2D eigenvalue weighted by atomic mass is 32.2. The summed E-state index contributed by atoms with van der Waals surface area (Å²) in [6, 6.07) is -0.453. The van der Waals surface area contributed by atoms with E-state index in [0.717, 1.165) is 6.54 Å². The Bertz CT molecular complexity index is 634. The number of nitrogens with zero attached hydrogens (tertiary/aromatic N) is 2. The number of hydrogen-bond acceptors (Lipinski definition) is 5. The lowest BCUT2D eigenvalue weighted by Crippen LogP contribution is -2.29. The second-order valence-corrected chi connectivity index (χ2v) is 5.97. The number of imidazole rings is 1. The first-order chi connectivity index (χ1) is 9.54. The molecule has 2 rings (SSSR count). The van der Waals surface area contributed by atoms with Gasteiger partial charge in [0.25, 0.3) is 10.0 Å². The van der Waals surface area contributed by atoms with Crippen molar-refractivity contribution in [1.82, 2.24) is 30.2 Å². The number of hydrogen-bond donors (Lipinski definition) is 4. The first kappa shape index (κ1) is 14.7. The first-order valence-electron chi connectivity index (χ1n) is 6.29. The Morgan fingerprint density at radius 1 is 1.45 bits per heavy atom. The van der Waals surface area contributed by atoms with E-state index in [4.69, 9.17) is 0 Å². The Morgan fingerprint density at radius 2 is 2.25 bits per heavy atom. The highest BCUT2D eigenvalue weighted by molar-refractivity contribution is 7.89. The van der Waals surface area contributed by atoms with Gasteiger partial charge in [-0.25, -0.2) is 13.4 Å². The van der Waals surface area contributed by atoms with Crippen LogP contribution in [0.25, 0.3) is 0 Å². The van der Waals surface area contributed by atoms with E-state index in [9.17, 15) is 8.42 Å². The Kier molecular flexibility index (Phi) is 4.53. The predicted molar refractivity (Wildman–Crippen MR) is 73.3 cm³/mol. The predicted octanol–water partition coefficient (Wildman–Crippen LogP) is 0.282. The maximum absolute atomic E-state index is 12.3. The van der Waals surface area contributed by atoms with Gasteiger partial charge in [-0.15, -0.1) is 0 Å². The average molecular weight is 298 g/mol. The lowest BCUT2D eigenvalue weighted by molar-refractivity contribution is 0.554. The largest absolute Gasteiger partial charge is 0.347 e. The van der Waals surface area contributed by atoms with E-state index in [1.54, 1.807) is 19.3 Å². The summed E-state index contributed by atoms with van der Waals surface area (Å²) in [5.74, 6) is 0.557. The van der Waals surface area contributed by atoms with E-state index in [0.29, 0.717) is 17.9 Å². The van der Waals surface area contributed by atoms with Crippen LogP contribution in [0.4, 0.5) is 0 Å². The monoisotopic (exact) mass is 298 g/mol. The number of H-pyrrole nitrogens is 2. The van der Waals surface area contributed by atoms with Crippen LogP contribution < -0.4 is 10.0 Å². The standard InChI is InChI=1S/C11H18N6O2S/c1-3-12-6-9-7-15-16-11(9)20(18,19)17-8(2)10-13-4-5-14-10/h4-5,7-8,12,17H,3,6H2,1-2H3,(H,13,14)(H,15,16). The molecule has 0 aliphatic carbocycles. The molecule has 0 radical (unpaired) electrons. The minimum atomic E-state index is -3.67. The van der Waals surface area contributed by atoms with Gasteiger partial charge in [-0.1, -0.05) is 6.92 Å². The van der Waals surface area contributed by atoms with Crippen LogP contribution >= 0.6 is 0 Å². The van der Waals surface area contributed by atoms with Crippen LogP contribution in [-0.2, 0) is 16.6 Å². The quantitative estimate of drug-likeness (QED) is 0.586. The van der Waals surface area contributed by atoms with Crippen molar-refractivity contribution in [2.45, 2.75) is 31.5 Å². The van der Waals surface area contributed by atoms with Gasteiger partial charge < -0.3 is 10.3 Å². The van der Waals surface area contributed by atoms with Gasteiger partial charge in [0, 0.05) is 24.5 Å². The summed E-state index contributed by atoms with van der Waals surface area (Å²) in [7, 11) is -3.67. The van der Waals surface area contributed by atoms with Gasteiger partial charge in [-0.3, -0.25) is 5.10 Å². The third kappa shape index (κ3) is 3.24. The molecule has 2 aromatic heterocycles. The van der Waals surface area contributed by atoms with Crippen LogP contribution in [0.3, 0.4) is 0 Å². The van der Waals surface area contributed by atoms with Crippen LogP contribution in [0.5, 0.6) is 0 Å². The Balaban J connectivity index is 2.16. The second-order valence-electron chi connectivity index (χ2n) is 4.32. The van der Waals surface area contributed by atoms with Gasteiger partial charge >= 0.3 is 0 Å². The normalized spacial score (nSPS) is 13.5. The van der Waals surface area contributed by atoms with Crippen molar-refractivity contribution in [3.05, 3.63) is 30.0 Å². The highest BCUT2D eigenvalue weighted by Crippen LogP contribution is 2.15. The average Bonchev–Trinajstić information content (AvgIpc) is 3.07. The fraction of sp³-hybridized carbons (Fsp3) is 0.455. The van der Waals surface area contributed by atoms with Gasteiger partial charge in [-0.05, 0) is 13.5 Å². The van der Waals surface area contributed by atoms with Gasteiger partial charge in [-0.2, -0.15) is 9.82 Å². The molecule has 0 aliphatic heterocycles.